The van der Waals surface area contributed by atoms with Crippen molar-refractivity contribution in [1.29, 1.82) is 0 Å². The maximum absolute atomic E-state index is 13.4. The van der Waals surface area contributed by atoms with E-state index in [9.17, 15) is 24.3 Å². The zero-order valence-electron chi connectivity index (χ0n) is 22.0. The number of aromatic nitrogens is 1. The summed E-state index contributed by atoms with van der Waals surface area (Å²) < 4.78 is 21.5. The van der Waals surface area contributed by atoms with Gasteiger partial charge in [0.1, 0.15) is 17.8 Å². The summed E-state index contributed by atoms with van der Waals surface area (Å²) in [6.45, 7) is 2.18. The average Bonchev–Trinajstić information content (AvgIpc) is 3.47. The molecule has 2 amide bonds. The fourth-order valence-electron chi connectivity index (χ4n) is 4.67. The Hall–Kier alpha value is -3.81. The van der Waals surface area contributed by atoms with Gasteiger partial charge in [-0.1, -0.05) is 56.7 Å². The number of carbonyl (C=O) groups is 4. The number of nitrogens with one attached hydrogen (secondary N) is 2. The summed E-state index contributed by atoms with van der Waals surface area (Å²) in [5.74, 6) is -4.10. The molecule has 13 heteroatoms. The van der Waals surface area contributed by atoms with Gasteiger partial charge < -0.3 is 34.4 Å². The van der Waals surface area contributed by atoms with E-state index in [0.29, 0.717) is 5.69 Å². The predicted octanol–water partition coefficient (Wildman–Crippen LogP) is 0.751. The van der Waals surface area contributed by atoms with Crippen molar-refractivity contribution in [2.24, 2.45) is 5.92 Å². The second-order valence-corrected chi connectivity index (χ2v) is 9.98. The molecule has 2 aliphatic heterocycles. The molecule has 4 rings (SSSR count). The molecule has 0 saturated carbocycles. The van der Waals surface area contributed by atoms with Gasteiger partial charge in [0.15, 0.2) is 6.10 Å². The van der Waals surface area contributed by atoms with Gasteiger partial charge in [-0.2, -0.15) is 0 Å². The first-order valence-corrected chi connectivity index (χ1v) is 12.7. The number of hydrogen-bond acceptors (Lipinski definition) is 10. The Kier molecular flexibility index (Phi) is 8.33. The van der Waals surface area contributed by atoms with Crippen LogP contribution in [0, 0.1) is 5.92 Å². The number of fused-ring (bicyclic) bond motifs is 2. The van der Waals surface area contributed by atoms with E-state index in [-0.39, 0.29) is 18.0 Å². The van der Waals surface area contributed by atoms with E-state index in [0.717, 1.165) is 12.7 Å². The number of aliphatic hydroxyl groups is 1. The summed E-state index contributed by atoms with van der Waals surface area (Å²) in [5, 5.41) is 15.6. The number of hydrogen-bond donors (Lipinski definition) is 3. The molecule has 2 bridgehead atoms. The van der Waals surface area contributed by atoms with E-state index in [2.05, 4.69) is 15.6 Å². The van der Waals surface area contributed by atoms with Crippen molar-refractivity contribution in [3.05, 3.63) is 54.2 Å². The number of aliphatic hydroxyl groups excluding tert-OH is 1. The van der Waals surface area contributed by atoms with Crippen LogP contribution in [-0.2, 0) is 33.1 Å². The van der Waals surface area contributed by atoms with Crippen molar-refractivity contribution in [1.82, 2.24) is 15.6 Å². The molecule has 2 aromatic rings. The van der Waals surface area contributed by atoms with Crippen LogP contribution < -0.4 is 10.6 Å². The summed E-state index contributed by atoms with van der Waals surface area (Å²) in [7, 11) is 1.15. The topological polar surface area (TPSA) is 162 Å². The number of esters is 1. The molecule has 12 nitrogen and oxygen atoms in total. The molecule has 1 aromatic heterocycles. The van der Waals surface area contributed by atoms with E-state index in [1.54, 1.807) is 12.1 Å². The highest BCUT2D eigenvalue weighted by atomic mass is 16.8. The summed E-state index contributed by atoms with van der Waals surface area (Å²) >= 11 is 0. The average molecular weight is 540 g/mol. The number of pyridine rings is 1. The van der Waals surface area contributed by atoms with Gasteiger partial charge in [0, 0.05) is 11.5 Å². The van der Waals surface area contributed by atoms with E-state index < -0.39 is 60.8 Å². The standard InChI is InChI=1S/C26H31BN3O9/c1-14(2)13-19(27-37-21(25(34)36-4)22(38-27)26(35)39-27)29-24(33)20(15(3)31)30-23(32)18-12-8-11-17(28-18)16-9-6-5-7-10-16/h5-12,14-15,19-22,31H,13H2,1-4H3,(H,29,33)(H,30,32)/q-1/t15-,19?,20+,21-,22+,27?/m1/s1. The van der Waals surface area contributed by atoms with Crippen LogP contribution in [0.15, 0.2) is 48.5 Å². The van der Waals surface area contributed by atoms with Crippen molar-refractivity contribution < 1.29 is 43.0 Å². The second kappa shape index (κ2) is 11.5. The maximum atomic E-state index is 13.4. The zero-order chi connectivity index (χ0) is 28.3. The lowest BCUT2D eigenvalue weighted by atomic mass is 9.65. The maximum Gasteiger partial charge on any atom is 0.460 e. The van der Waals surface area contributed by atoms with Crippen LogP contribution >= 0.6 is 0 Å². The Morgan fingerprint density at radius 2 is 1.77 bits per heavy atom. The van der Waals surface area contributed by atoms with E-state index in [4.69, 9.17) is 18.7 Å². The van der Waals surface area contributed by atoms with Gasteiger partial charge in [0.2, 0.25) is 5.91 Å². The van der Waals surface area contributed by atoms with Gasteiger partial charge >= 0.3 is 12.7 Å². The fourth-order valence-corrected chi connectivity index (χ4v) is 4.67. The molecule has 2 fully saturated rings. The molecule has 2 saturated heterocycles. The molecule has 1 aromatic carbocycles. The molecular formula is C26H31BN3O9-. The molecule has 6 atom stereocenters. The Labute approximate surface area is 225 Å². The first-order chi connectivity index (χ1) is 18.5. The van der Waals surface area contributed by atoms with Gasteiger partial charge in [0.25, 0.3) is 11.9 Å². The second-order valence-electron chi connectivity index (χ2n) is 9.98. The van der Waals surface area contributed by atoms with Crippen LogP contribution in [0.2, 0.25) is 0 Å². The van der Waals surface area contributed by atoms with Gasteiger partial charge in [-0.05, 0) is 25.0 Å². The van der Waals surface area contributed by atoms with Crippen LogP contribution in [0.5, 0.6) is 0 Å². The molecule has 0 radical (unpaired) electrons. The van der Waals surface area contributed by atoms with Gasteiger partial charge in [0.05, 0.1) is 18.9 Å². The molecule has 39 heavy (non-hydrogen) atoms. The monoisotopic (exact) mass is 540 g/mol. The molecule has 208 valence electrons. The largest absolute Gasteiger partial charge is 0.640 e. The van der Waals surface area contributed by atoms with Crippen molar-refractivity contribution in [3.63, 3.8) is 0 Å². The summed E-state index contributed by atoms with van der Waals surface area (Å²) in [6, 6.07) is 12.8. The Balaban J connectivity index is 1.52. The molecule has 3 heterocycles. The number of ether oxygens (including phenoxy) is 1. The van der Waals surface area contributed by atoms with Crippen LogP contribution in [0.1, 0.15) is 37.7 Å². The van der Waals surface area contributed by atoms with Crippen LogP contribution in [0.4, 0.5) is 0 Å². The van der Waals surface area contributed by atoms with Crippen LogP contribution in [0.25, 0.3) is 11.3 Å². The lowest BCUT2D eigenvalue weighted by Crippen LogP contribution is -2.64. The zero-order valence-corrected chi connectivity index (χ0v) is 22.0. The number of amides is 2. The van der Waals surface area contributed by atoms with Gasteiger partial charge in [-0.3, -0.25) is 14.4 Å². The lowest BCUT2D eigenvalue weighted by Gasteiger charge is -2.41. The Morgan fingerprint density at radius 1 is 1.05 bits per heavy atom. The molecule has 3 N–H and O–H groups in total. The minimum absolute atomic E-state index is 0.0294. The number of nitrogens with zero attached hydrogens (tertiary/aromatic N) is 1. The van der Waals surface area contributed by atoms with Crippen LogP contribution in [-0.4, -0.2) is 78.0 Å². The van der Waals surface area contributed by atoms with Crippen molar-refractivity contribution >= 4 is 30.5 Å². The van der Waals surface area contributed by atoms with Crippen molar-refractivity contribution in [2.75, 3.05) is 7.11 Å². The summed E-state index contributed by atoms with van der Waals surface area (Å²) in [4.78, 5) is 55.3. The first kappa shape index (κ1) is 28.2. The third kappa shape index (κ3) is 5.95. The molecule has 2 aliphatic rings. The third-order valence-corrected chi connectivity index (χ3v) is 6.54. The van der Waals surface area contributed by atoms with E-state index in [1.165, 1.54) is 13.0 Å². The molecule has 0 spiro atoms. The van der Waals surface area contributed by atoms with Crippen LogP contribution in [0.3, 0.4) is 0 Å². The normalized spacial score (nSPS) is 24.0. The van der Waals surface area contributed by atoms with Gasteiger partial charge in [-0.15, -0.1) is 0 Å². The van der Waals surface area contributed by atoms with Crippen molar-refractivity contribution in [3.8, 4) is 11.3 Å². The lowest BCUT2D eigenvalue weighted by molar-refractivity contribution is -0.159. The third-order valence-electron chi connectivity index (χ3n) is 6.54. The number of rotatable bonds is 10. The highest BCUT2D eigenvalue weighted by molar-refractivity contribution is 6.67. The Morgan fingerprint density at radius 3 is 2.41 bits per heavy atom. The molecule has 2 unspecified atom stereocenters. The fraction of sp³-hybridized carbons (Fsp3) is 0.423. The number of carbonyl (C=O) groups excluding carboxylic acids is 4. The predicted molar refractivity (Wildman–Crippen MR) is 138 cm³/mol. The minimum atomic E-state index is -2.90. The number of benzene rings is 1. The molecular weight excluding hydrogens is 509 g/mol. The highest BCUT2D eigenvalue weighted by Crippen LogP contribution is 2.38. The SMILES string of the molecule is COC(=O)[C@@H]1O[B-]2(C(CC(C)C)NC(=O)[C@@H](NC(=O)c3cccc(-c4ccccc4)n3)[C@@H](C)O)OC(=O)[C@H]1O2. The van der Waals surface area contributed by atoms with E-state index in [1.807, 2.05) is 44.2 Å². The minimum Gasteiger partial charge on any atom is -0.640 e. The Bertz CT molecular complexity index is 1240. The first-order valence-electron chi connectivity index (χ1n) is 12.7. The molecule has 0 aliphatic carbocycles. The summed E-state index contributed by atoms with van der Waals surface area (Å²) in [6.07, 6.45) is -3.72. The van der Waals surface area contributed by atoms with E-state index >= 15 is 0 Å². The van der Waals surface area contributed by atoms with Crippen molar-refractivity contribution in [2.45, 2.75) is 57.5 Å². The number of methoxy groups -OCH3 is 1. The summed E-state index contributed by atoms with van der Waals surface area (Å²) in [5.41, 5.74) is 1.42. The van der Waals surface area contributed by atoms with Gasteiger partial charge in [-0.25, -0.2) is 9.78 Å². The quantitative estimate of drug-likeness (QED) is 0.290. The highest BCUT2D eigenvalue weighted by Gasteiger charge is 2.62. The smallest absolute Gasteiger partial charge is 0.460 e.